The van der Waals surface area contributed by atoms with Crippen molar-refractivity contribution in [3.05, 3.63) is 107 Å². The van der Waals surface area contributed by atoms with Crippen LogP contribution in [0, 0.1) is 17.2 Å². The van der Waals surface area contributed by atoms with Gasteiger partial charge in [-0.3, -0.25) is 0 Å². The lowest BCUT2D eigenvalue weighted by molar-refractivity contribution is -0.0143. The Hall–Kier alpha value is -2.93. The first-order valence-corrected chi connectivity index (χ1v) is 13.4. The highest BCUT2D eigenvalue weighted by Crippen LogP contribution is 2.42. The number of benzene rings is 3. The standard InChI is InChI=1S/C33H40N2O/c1-26(27-16-18-28(19-17-27)32(2,3)25-34)11-10-22-35-23-20-31(21-24-35)33(36,29-12-6-4-7-13-29)30-14-8-5-9-15-30/h4-9,12-19,26,31,36H,10-11,20-24H2,1-3H3. The van der Waals surface area contributed by atoms with Gasteiger partial charge < -0.3 is 10.0 Å². The molecule has 0 aromatic heterocycles. The van der Waals surface area contributed by atoms with E-state index in [9.17, 15) is 10.4 Å². The van der Waals surface area contributed by atoms with Gasteiger partial charge in [0.05, 0.1) is 11.5 Å². The summed E-state index contributed by atoms with van der Waals surface area (Å²) in [5, 5.41) is 21.5. The molecule has 4 rings (SSSR count). The van der Waals surface area contributed by atoms with Gasteiger partial charge in [-0.2, -0.15) is 5.26 Å². The first-order chi connectivity index (χ1) is 17.3. The second-order valence-corrected chi connectivity index (χ2v) is 11.0. The van der Waals surface area contributed by atoms with Crippen LogP contribution in [0.1, 0.15) is 74.6 Å². The lowest BCUT2D eigenvalue weighted by atomic mass is 9.72. The van der Waals surface area contributed by atoms with E-state index in [-0.39, 0.29) is 5.92 Å². The summed E-state index contributed by atoms with van der Waals surface area (Å²) in [6.45, 7) is 9.39. The zero-order chi connectivity index (χ0) is 25.6. The molecule has 0 amide bonds. The van der Waals surface area contributed by atoms with Crippen LogP contribution in [0.25, 0.3) is 0 Å². The number of piperidine rings is 1. The number of nitriles is 1. The minimum absolute atomic E-state index is 0.202. The Labute approximate surface area is 217 Å². The van der Waals surface area contributed by atoms with Gasteiger partial charge in [0.2, 0.25) is 0 Å². The van der Waals surface area contributed by atoms with Crippen molar-refractivity contribution < 1.29 is 5.11 Å². The number of likely N-dealkylation sites (tertiary alicyclic amines) is 1. The van der Waals surface area contributed by atoms with E-state index in [4.69, 9.17) is 0 Å². The van der Waals surface area contributed by atoms with Crippen LogP contribution in [-0.2, 0) is 11.0 Å². The molecule has 1 unspecified atom stereocenters. The zero-order valence-corrected chi connectivity index (χ0v) is 22.0. The largest absolute Gasteiger partial charge is 0.380 e. The van der Waals surface area contributed by atoms with Gasteiger partial charge in [0.1, 0.15) is 5.60 Å². The second kappa shape index (κ2) is 11.4. The van der Waals surface area contributed by atoms with Crippen molar-refractivity contribution in [3.8, 4) is 6.07 Å². The van der Waals surface area contributed by atoms with Crippen LogP contribution in [0.2, 0.25) is 0 Å². The topological polar surface area (TPSA) is 47.3 Å². The summed E-state index contributed by atoms with van der Waals surface area (Å²) in [6, 6.07) is 31.4. The molecule has 0 radical (unpaired) electrons. The van der Waals surface area contributed by atoms with E-state index in [1.165, 1.54) is 12.0 Å². The Balaban J connectivity index is 1.31. The smallest absolute Gasteiger partial charge is 0.117 e. The van der Waals surface area contributed by atoms with Gasteiger partial charge in [-0.15, -0.1) is 0 Å². The highest BCUT2D eigenvalue weighted by Gasteiger charge is 2.41. The maximum atomic E-state index is 12.1. The van der Waals surface area contributed by atoms with Crippen LogP contribution in [0.15, 0.2) is 84.9 Å². The maximum Gasteiger partial charge on any atom is 0.117 e. The minimum atomic E-state index is -0.949. The van der Waals surface area contributed by atoms with Gasteiger partial charge in [-0.1, -0.05) is 91.9 Å². The molecule has 3 nitrogen and oxygen atoms in total. The fourth-order valence-electron chi connectivity index (χ4n) is 5.68. The summed E-state index contributed by atoms with van der Waals surface area (Å²) in [5.74, 6) is 0.705. The van der Waals surface area contributed by atoms with Crippen molar-refractivity contribution in [2.75, 3.05) is 19.6 Å². The number of aliphatic hydroxyl groups is 1. The predicted octanol–water partition coefficient (Wildman–Crippen LogP) is 7.02. The summed E-state index contributed by atoms with van der Waals surface area (Å²) in [6.07, 6.45) is 4.30. The Morgan fingerprint density at radius 1 is 0.861 bits per heavy atom. The average molecular weight is 481 g/mol. The highest BCUT2D eigenvalue weighted by molar-refractivity contribution is 5.37. The van der Waals surface area contributed by atoms with Crippen LogP contribution < -0.4 is 0 Å². The normalized spacial score (nSPS) is 16.4. The van der Waals surface area contributed by atoms with Crippen molar-refractivity contribution >= 4 is 0 Å². The first-order valence-electron chi connectivity index (χ1n) is 13.4. The Bertz CT molecular complexity index is 1080. The quantitative estimate of drug-likeness (QED) is 0.358. The van der Waals surface area contributed by atoms with Crippen molar-refractivity contribution in [2.45, 2.75) is 63.4 Å². The van der Waals surface area contributed by atoms with Crippen LogP contribution in [-0.4, -0.2) is 29.6 Å². The fraction of sp³-hybridized carbons (Fsp3) is 0.424. The SMILES string of the molecule is CC(CCCN1CCC(C(O)(c2ccccc2)c2ccccc2)CC1)c1ccc(C(C)(C)C#N)cc1. The average Bonchev–Trinajstić information content (AvgIpc) is 2.94. The van der Waals surface area contributed by atoms with Crippen molar-refractivity contribution in [1.29, 1.82) is 5.26 Å². The monoisotopic (exact) mass is 480 g/mol. The molecule has 1 fully saturated rings. The third-order valence-corrected chi connectivity index (χ3v) is 8.20. The molecule has 36 heavy (non-hydrogen) atoms. The third kappa shape index (κ3) is 5.72. The maximum absolute atomic E-state index is 12.1. The van der Waals surface area contributed by atoms with Gasteiger partial charge in [0.25, 0.3) is 0 Å². The van der Waals surface area contributed by atoms with E-state index >= 15 is 0 Å². The van der Waals surface area contributed by atoms with Gasteiger partial charge >= 0.3 is 0 Å². The van der Waals surface area contributed by atoms with Crippen LogP contribution in [0.5, 0.6) is 0 Å². The molecule has 0 spiro atoms. The molecule has 1 aliphatic heterocycles. The van der Waals surface area contributed by atoms with Gasteiger partial charge in [-0.05, 0) is 93.3 Å². The summed E-state index contributed by atoms with van der Waals surface area (Å²) >= 11 is 0. The zero-order valence-electron chi connectivity index (χ0n) is 22.0. The molecule has 1 saturated heterocycles. The molecule has 1 atom stereocenters. The first kappa shape index (κ1) is 26.1. The summed E-state index contributed by atoms with van der Waals surface area (Å²) in [5.41, 5.74) is 3.02. The van der Waals surface area contributed by atoms with Crippen LogP contribution in [0.4, 0.5) is 0 Å². The van der Waals surface area contributed by atoms with Crippen LogP contribution >= 0.6 is 0 Å². The summed E-state index contributed by atoms with van der Waals surface area (Å²) in [7, 11) is 0. The number of rotatable bonds is 9. The van der Waals surface area contributed by atoms with Gasteiger partial charge in [-0.25, -0.2) is 0 Å². The van der Waals surface area contributed by atoms with Crippen LogP contribution in [0.3, 0.4) is 0 Å². The fourth-order valence-corrected chi connectivity index (χ4v) is 5.68. The third-order valence-electron chi connectivity index (χ3n) is 8.20. The van der Waals surface area contributed by atoms with Gasteiger partial charge in [0.15, 0.2) is 0 Å². The molecule has 3 aromatic rings. The van der Waals surface area contributed by atoms with Gasteiger partial charge in [0, 0.05) is 0 Å². The molecule has 1 aliphatic rings. The van der Waals surface area contributed by atoms with E-state index in [2.05, 4.69) is 66.4 Å². The predicted molar refractivity (Wildman–Crippen MR) is 148 cm³/mol. The van der Waals surface area contributed by atoms with Crippen molar-refractivity contribution in [2.24, 2.45) is 5.92 Å². The second-order valence-electron chi connectivity index (χ2n) is 11.0. The molecule has 1 heterocycles. The molecular weight excluding hydrogens is 440 g/mol. The molecule has 3 aromatic carbocycles. The Kier molecular flexibility index (Phi) is 8.29. The highest BCUT2D eigenvalue weighted by atomic mass is 16.3. The molecule has 188 valence electrons. The molecule has 0 aliphatic carbocycles. The van der Waals surface area contributed by atoms with E-state index in [1.54, 1.807) is 0 Å². The van der Waals surface area contributed by atoms with E-state index in [0.29, 0.717) is 5.92 Å². The number of hydrogen-bond acceptors (Lipinski definition) is 3. The number of hydrogen-bond donors (Lipinski definition) is 1. The van der Waals surface area contributed by atoms with E-state index in [0.717, 1.165) is 55.6 Å². The Morgan fingerprint density at radius 3 is 1.89 bits per heavy atom. The molecule has 3 heteroatoms. The van der Waals surface area contributed by atoms with E-state index in [1.807, 2.05) is 50.2 Å². The van der Waals surface area contributed by atoms with Crippen molar-refractivity contribution in [3.63, 3.8) is 0 Å². The minimum Gasteiger partial charge on any atom is -0.380 e. The molecule has 1 N–H and O–H groups in total. The lowest BCUT2D eigenvalue weighted by Gasteiger charge is -2.42. The lowest BCUT2D eigenvalue weighted by Crippen LogP contribution is -2.44. The Morgan fingerprint density at radius 2 is 1.39 bits per heavy atom. The molecule has 0 saturated carbocycles. The summed E-state index contributed by atoms with van der Waals surface area (Å²) in [4.78, 5) is 2.57. The molecular formula is C33H40N2O. The molecule has 0 bridgehead atoms. The summed E-state index contributed by atoms with van der Waals surface area (Å²) < 4.78 is 0. The number of nitrogens with zero attached hydrogens (tertiary/aromatic N) is 2. The van der Waals surface area contributed by atoms with E-state index < -0.39 is 11.0 Å². The van der Waals surface area contributed by atoms with Crippen molar-refractivity contribution in [1.82, 2.24) is 4.90 Å².